The van der Waals surface area contributed by atoms with Gasteiger partial charge in [0.1, 0.15) is 0 Å². The van der Waals surface area contributed by atoms with Crippen molar-refractivity contribution in [3.8, 4) is 0 Å². The number of hydrogen-bond acceptors (Lipinski definition) is 0. The lowest BCUT2D eigenvalue weighted by Gasteiger charge is -1.94. The number of rotatable bonds is 1. The molecular formula is C8H7F2. The standard InChI is InChI=1S/C8H7F2/c1-2-6-3-4-7(9)8(10)5-6/h4-5H,2H2,1H3. The molecule has 0 spiro atoms. The smallest absolute Gasteiger partial charge is 0.159 e. The molecule has 0 bridgehead atoms. The Bertz CT molecular complexity index is 231. The van der Waals surface area contributed by atoms with Crippen LogP contribution in [-0.2, 0) is 6.42 Å². The summed E-state index contributed by atoms with van der Waals surface area (Å²) in [6.07, 6.45) is 0.678. The molecule has 0 amide bonds. The summed E-state index contributed by atoms with van der Waals surface area (Å²) in [6.45, 7) is 1.86. The van der Waals surface area contributed by atoms with E-state index < -0.39 is 11.6 Å². The summed E-state index contributed by atoms with van der Waals surface area (Å²) in [5.41, 5.74) is 0.693. The maximum Gasteiger partial charge on any atom is 0.159 e. The third-order valence-corrected chi connectivity index (χ3v) is 1.29. The highest BCUT2D eigenvalue weighted by Crippen LogP contribution is 2.07. The van der Waals surface area contributed by atoms with E-state index in [9.17, 15) is 8.78 Å². The van der Waals surface area contributed by atoms with E-state index in [1.54, 1.807) is 0 Å². The van der Waals surface area contributed by atoms with Crippen molar-refractivity contribution >= 4 is 0 Å². The van der Waals surface area contributed by atoms with E-state index >= 15 is 0 Å². The minimum Gasteiger partial charge on any atom is -0.204 e. The van der Waals surface area contributed by atoms with Crippen molar-refractivity contribution < 1.29 is 8.78 Å². The lowest BCUT2D eigenvalue weighted by molar-refractivity contribution is 0.507. The Hall–Kier alpha value is -0.920. The van der Waals surface area contributed by atoms with Gasteiger partial charge >= 0.3 is 0 Å². The predicted molar refractivity (Wildman–Crippen MR) is 34.6 cm³/mol. The molecule has 0 heterocycles. The molecule has 0 aliphatic carbocycles. The van der Waals surface area contributed by atoms with Crippen molar-refractivity contribution in [1.82, 2.24) is 0 Å². The Labute approximate surface area is 58.5 Å². The SMILES string of the molecule is CCc1[c]cc(F)c(F)c1. The minimum absolute atomic E-state index is 0.678. The van der Waals surface area contributed by atoms with Crippen LogP contribution in [0.25, 0.3) is 0 Å². The molecule has 0 unspecified atom stereocenters. The predicted octanol–water partition coefficient (Wildman–Crippen LogP) is 2.33. The van der Waals surface area contributed by atoms with Crippen LogP contribution in [0.3, 0.4) is 0 Å². The molecule has 1 rings (SSSR count). The average molecular weight is 141 g/mol. The summed E-state index contributed by atoms with van der Waals surface area (Å²) >= 11 is 0. The maximum absolute atomic E-state index is 12.4. The first-order chi connectivity index (χ1) is 4.74. The fourth-order valence-electron chi connectivity index (χ4n) is 0.693. The van der Waals surface area contributed by atoms with E-state index in [2.05, 4.69) is 6.07 Å². The highest BCUT2D eigenvalue weighted by molar-refractivity contribution is 5.15. The van der Waals surface area contributed by atoms with Gasteiger partial charge in [0.05, 0.1) is 0 Å². The quantitative estimate of drug-likeness (QED) is 0.563. The molecule has 0 saturated carbocycles. The first-order valence-corrected chi connectivity index (χ1v) is 3.09. The van der Waals surface area contributed by atoms with Crippen LogP contribution in [0.2, 0.25) is 0 Å². The normalized spacial score (nSPS) is 9.90. The van der Waals surface area contributed by atoms with Crippen LogP contribution in [-0.4, -0.2) is 0 Å². The van der Waals surface area contributed by atoms with Gasteiger partial charge in [-0.05, 0) is 30.2 Å². The minimum atomic E-state index is -0.836. The summed E-state index contributed by atoms with van der Waals surface area (Å²) < 4.78 is 24.6. The first-order valence-electron chi connectivity index (χ1n) is 3.09. The van der Waals surface area contributed by atoms with E-state index in [4.69, 9.17) is 0 Å². The number of benzene rings is 1. The van der Waals surface area contributed by atoms with Crippen LogP contribution in [0.4, 0.5) is 8.78 Å². The summed E-state index contributed by atoms with van der Waals surface area (Å²) in [6, 6.07) is 4.80. The van der Waals surface area contributed by atoms with Gasteiger partial charge in [-0.3, -0.25) is 0 Å². The summed E-state index contributed by atoms with van der Waals surface area (Å²) in [7, 11) is 0. The Morgan fingerprint density at radius 1 is 1.40 bits per heavy atom. The Kier molecular flexibility index (Phi) is 2.00. The molecule has 10 heavy (non-hydrogen) atoms. The molecule has 0 aromatic heterocycles. The molecule has 0 saturated heterocycles. The largest absolute Gasteiger partial charge is 0.204 e. The molecule has 1 aromatic carbocycles. The second kappa shape index (κ2) is 2.78. The lowest BCUT2D eigenvalue weighted by atomic mass is 10.2. The van der Waals surface area contributed by atoms with Gasteiger partial charge in [-0.2, -0.15) is 0 Å². The fraction of sp³-hybridized carbons (Fsp3) is 0.250. The molecule has 0 atom stereocenters. The van der Waals surface area contributed by atoms with Crippen molar-refractivity contribution in [2.45, 2.75) is 13.3 Å². The fourth-order valence-corrected chi connectivity index (χ4v) is 0.693. The molecule has 0 N–H and O–H groups in total. The van der Waals surface area contributed by atoms with Crippen LogP contribution in [0.5, 0.6) is 0 Å². The van der Waals surface area contributed by atoms with Gasteiger partial charge in [0.15, 0.2) is 11.6 Å². The van der Waals surface area contributed by atoms with Gasteiger partial charge in [0.2, 0.25) is 0 Å². The van der Waals surface area contributed by atoms with Crippen LogP contribution < -0.4 is 0 Å². The van der Waals surface area contributed by atoms with Gasteiger partial charge < -0.3 is 0 Å². The zero-order valence-electron chi connectivity index (χ0n) is 5.62. The van der Waals surface area contributed by atoms with Crippen molar-refractivity contribution in [3.63, 3.8) is 0 Å². The van der Waals surface area contributed by atoms with E-state index in [0.29, 0.717) is 12.0 Å². The van der Waals surface area contributed by atoms with E-state index in [0.717, 1.165) is 12.1 Å². The van der Waals surface area contributed by atoms with Crippen molar-refractivity contribution in [1.29, 1.82) is 0 Å². The average Bonchev–Trinajstić information content (AvgIpc) is 1.95. The monoisotopic (exact) mass is 141 g/mol. The zero-order chi connectivity index (χ0) is 7.56. The van der Waals surface area contributed by atoms with E-state index in [-0.39, 0.29) is 0 Å². The Balaban J connectivity index is 3.04. The van der Waals surface area contributed by atoms with Gasteiger partial charge in [-0.15, -0.1) is 0 Å². The van der Waals surface area contributed by atoms with Crippen LogP contribution in [0, 0.1) is 17.7 Å². The molecule has 0 aliphatic heterocycles. The van der Waals surface area contributed by atoms with Crippen LogP contribution in [0.15, 0.2) is 12.1 Å². The number of halogens is 2. The van der Waals surface area contributed by atoms with Gasteiger partial charge in [-0.1, -0.05) is 6.92 Å². The summed E-state index contributed by atoms with van der Waals surface area (Å²) in [5, 5.41) is 0. The highest BCUT2D eigenvalue weighted by atomic mass is 19.2. The zero-order valence-corrected chi connectivity index (χ0v) is 5.62. The Morgan fingerprint density at radius 2 is 2.10 bits per heavy atom. The molecule has 1 aromatic rings. The summed E-state index contributed by atoms with van der Waals surface area (Å²) in [5.74, 6) is -1.63. The maximum atomic E-state index is 12.4. The molecule has 2 heteroatoms. The molecule has 53 valence electrons. The van der Waals surface area contributed by atoms with Crippen LogP contribution in [0.1, 0.15) is 12.5 Å². The lowest BCUT2D eigenvalue weighted by Crippen LogP contribution is -1.86. The van der Waals surface area contributed by atoms with Crippen molar-refractivity contribution in [2.75, 3.05) is 0 Å². The van der Waals surface area contributed by atoms with E-state index in [1.807, 2.05) is 6.92 Å². The number of aryl methyl sites for hydroxylation is 1. The van der Waals surface area contributed by atoms with Gasteiger partial charge in [-0.25, -0.2) is 8.78 Å². The third-order valence-electron chi connectivity index (χ3n) is 1.29. The van der Waals surface area contributed by atoms with E-state index in [1.165, 1.54) is 0 Å². The molecule has 0 nitrogen and oxygen atoms in total. The van der Waals surface area contributed by atoms with Gasteiger partial charge in [0, 0.05) is 0 Å². The first kappa shape index (κ1) is 7.19. The topological polar surface area (TPSA) is 0 Å². The molecule has 0 aliphatic rings. The summed E-state index contributed by atoms with van der Waals surface area (Å²) in [4.78, 5) is 0. The Morgan fingerprint density at radius 3 is 2.60 bits per heavy atom. The third kappa shape index (κ3) is 1.32. The molecule has 1 radical (unpaired) electrons. The van der Waals surface area contributed by atoms with Crippen molar-refractivity contribution in [2.24, 2.45) is 0 Å². The number of hydrogen-bond donors (Lipinski definition) is 0. The highest BCUT2D eigenvalue weighted by Gasteiger charge is 1.99. The second-order valence-electron chi connectivity index (χ2n) is 2.01. The van der Waals surface area contributed by atoms with Crippen molar-refractivity contribution in [3.05, 3.63) is 35.4 Å². The van der Waals surface area contributed by atoms with Gasteiger partial charge in [0.25, 0.3) is 0 Å². The molecular weight excluding hydrogens is 134 g/mol. The van der Waals surface area contributed by atoms with Crippen LogP contribution >= 0.6 is 0 Å². The second-order valence-corrected chi connectivity index (χ2v) is 2.01. The molecule has 0 fully saturated rings.